The first-order valence-corrected chi connectivity index (χ1v) is 8.22. The lowest BCUT2D eigenvalue weighted by atomic mass is 10.0. The lowest BCUT2D eigenvalue weighted by molar-refractivity contribution is 0.0936. The quantitative estimate of drug-likeness (QED) is 0.664. The molecule has 3 aromatic rings. The Morgan fingerprint density at radius 2 is 1.62 bits per heavy atom. The zero-order chi connectivity index (χ0) is 16.6. The van der Waals surface area contributed by atoms with E-state index < -0.39 is 0 Å². The van der Waals surface area contributed by atoms with Gasteiger partial charge < -0.3 is 10.1 Å². The average molecular weight is 319 g/mol. The van der Waals surface area contributed by atoms with Crippen molar-refractivity contribution in [1.29, 1.82) is 0 Å². The largest absolute Gasteiger partial charge is 0.377 e. The van der Waals surface area contributed by atoms with Crippen LogP contribution in [0.5, 0.6) is 0 Å². The number of carbonyl (C=O) groups is 1. The summed E-state index contributed by atoms with van der Waals surface area (Å²) in [5.74, 6) is -0.0325. The molecule has 3 aromatic carbocycles. The molecule has 0 spiro atoms. The standard InChI is InChI=1S/C21H21NO2/c23-21(20-13-6-11-18-10-4-5-12-19(18)20)22-14-7-15-24-16-17-8-2-1-3-9-17/h1-6,8-13H,7,14-16H2,(H,22,23). The zero-order valence-corrected chi connectivity index (χ0v) is 13.6. The highest BCUT2D eigenvalue weighted by atomic mass is 16.5. The number of nitrogens with one attached hydrogen (secondary N) is 1. The van der Waals surface area contributed by atoms with Gasteiger partial charge in [-0.05, 0) is 28.8 Å². The Bertz CT molecular complexity index is 794. The van der Waals surface area contributed by atoms with Crippen molar-refractivity contribution in [2.45, 2.75) is 13.0 Å². The lowest BCUT2D eigenvalue weighted by Gasteiger charge is -2.08. The molecule has 122 valence electrons. The first-order valence-electron chi connectivity index (χ1n) is 8.22. The van der Waals surface area contributed by atoms with Gasteiger partial charge >= 0.3 is 0 Å². The Morgan fingerprint density at radius 1 is 0.875 bits per heavy atom. The van der Waals surface area contributed by atoms with Gasteiger partial charge in [-0.1, -0.05) is 66.7 Å². The summed E-state index contributed by atoms with van der Waals surface area (Å²) in [6.07, 6.45) is 0.795. The van der Waals surface area contributed by atoms with Gasteiger partial charge in [-0.2, -0.15) is 0 Å². The van der Waals surface area contributed by atoms with E-state index in [0.717, 1.165) is 28.3 Å². The van der Waals surface area contributed by atoms with Crippen molar-refractivity contribution < 1.29 is 9.53 Å². The number of ether oxygens (including phenoxy) is 1. The van der Waals surface area contributed by atoms with Crippen LogP contribution in [0.25, 0.3) is 10.8 Å². The SMILES string of the molecule is O=C(NCCCOCc1ccccc1)c1cccc2ccccc12. The Balaban J connectivity index is 1.44. The Kier molecular flexibility index (Phi) is 5.59. The highest BCUT2D eigenvalue weighted by Gasteiger charge is 2.08. The van der Waals surface area contributed by atoms with Crippen LogP contribution in [0.1, 0.15) is 22.3 Å². The molecule has 0 bridgehead atoms. The van der Waals surface area contributed by atoms with Crippen LogP contribution < -0.4 is 5.32 Å². The summed E-state index contributed by atoms with van der Waals surface area (Å²) in [5.41, 5.74) is 1.88. The number of rotatable bonds is 7. The Labute approximate surface area is 142 Å². The number of fused-ring (bicyclic) bond motifs is 1. The average Bonchev–Trinajstić information content (AvgIpc) is 2.64. The van der Waals surface area contributed by atoms with Gasteiger partial charge in [0.15, 0.2) is 0 Å². The first kappa shape index (κ1) is 16.2. The van der Waals surface area contributed by atoms with Gasteiger partial charge in [-0.3, -0.25) is 4.79 Å². The highest BCUT2D eigenvalue weighted by Crippen LogP contribution is 2.18. The molecule has 24 heavy (non-hydrogen) atoms. The van der Waals surface area contributed by atoms with Crippen molar-refractivity contribution in [3.05, 3.63) is 83.9 Å². The highest BCUT2D eigenvalue weighted by molar-refractivity contribution is 6.06. The van der Waals surface area contributed by atoms with Crippen LogP contribution in [0.3, 0.4) is 0 Å². The molecule has 0 unspecified atom stereocenters. The summed E-state index contributed by atoms with van der Waals surface area (Å²) in [7, 11) is 0. The second-order valence-electron chi connectivity index (χ2n) is 5.67. The van der Waals surface area contributed by atoms with Crippen molar-refractivity contribution in [3.63, 3.8) is 0 Å². The third kappa shape index (κ3) is 4.21. The van der Waals surface area contributed by atoms with Crippen LogP contribution in [-0.4, -0.2) is 19.1 Å². The van der Waals surface area contributed by atoms with E-state index >= 15 is 0 Å². The van der Waals surface area contributed by atoms with Crippen LogP contribution >= 0.6 is 0 Å². The number of benzene rings is 3. The molecule has 3 heteroatoms. The summed E-state index contributed by atoms with van der Waals surface area (Å²) in [4.78, 5) is 12.4. The second kappa shape index (κ2) is 8.27. The van der Waals surface area contributed by atoms with Crippen LogP contribution in [0, 0.1) is 0 Å². The van der Waals surface area contributed by atoms with Crippen molar-refractivity contribution in [3.8, 4) is 0 Å². The van der Waals surface area contributed by atoms with E-state index in [4.69, 9.17) is 4.74 Å². The fourth-order valence-corrected chi connectivity index (χ4v) is 2.66. The molecule has 0 heterocycles. The van der Waals surface area contributed by atoms with Crippen molar-refractivity contribution in [2.75, 3.05) is 13.2 Å². The summed E-state index contributed by atoms with van der Waals surface area (Å²) in [6, 6.07) is 23.8. The molecule has 1 amide bonds. The van der Waals surface area contributed by atoms with Gasteiger partial charge in [-0.25, -0.2) is 0 Å². The van der Waals surface area contributed by atoms with E-state index in [1.165, 1.54) is 0 Å². The van der Waals surface area contributed by atoms with Gasteiger partial charge in [0.25, 0.3) is 5.91 Å². The van der Waals surface area contributed by atoms with Crippen molar-refractivity contribution in [1.82, 2.24) is 5.32 Å². The van der Waals surface area contributed by atoms with E-state index in [1.54, 1.807) is 0 Å². The van der Waals surface area contributed by atoms with E-state index in [1.807, 2.05) is 72.8 Å². The predicted molar refractivity (Wildman–Crippen MR) is 97.0 cm³/mol. The molecule has 0 fully saturated rings. The Hall–Kier alpha value is -2.65. The molecule has 0 aliphatic heterocycles. The maximum absolute atomic E-state index is 12.4. The Morgan fingerprint density at radius 3 is 2.50 bits per heavy atom. The third-order valence-electron chi connectivity index (χ3n) is 3.90. The van der Waals surface area contributed by atoms with E-state index in [2.05, 4.69) is 5.32 Å². The van der Waals surface area contributed by atoms with Crippen LogP contribution in [0.15, 0.2) is 72.8 Å². The van der Waals surface area contributed by atoms with Gasteiger partial charge in [-0.15, -0.1) is 0 Å². The third-order valence-corrected chi connectivity index (χ3v) is 3.90. The fraction of sp³-hybridized carbons (Fsp3) is 0.190. The first-order chi connectivity index (χ1) is 11.8. The number of hydrogen-bond donors (Lipinski definition) is 1. The van der Waals surface area contributed by atoms with Crippen molar-refractivity contribution >= 4 is 16.7 Å². The van der Waals surface area contributed by atoms with Gasteiger partial charge in [0, 0.05) is 18.7 Å². The predicted octanol–water partition coefficient (Wildman–Crippen LogP) is 4.18. The summed E-state index contributed by atoms with van der Waals surface area (Å²) >= 11 is 0. The summed E-state index contributed by atoms with van der Waals surface area (Å²) in [5, 5.41) is 5.03. The maximum atomic E-state index is 12.4. The molecule has 3 rings (SSSR count). The molecule has 0 aliphatic carbocycles. The smallest absolute Gasteiger partial charge is 0.251 e. The summed E-state index contributed by atoms with van der Waals surface area (Å²) < 4.78 is 5.63. The molecule has 0 aromatic heterocycles. The molecular weight excluding hydrogens is 298 g/mol. The minimum Gasteiger partial charge on any atom is -0.377 e. The minimum absolute atomic E-state index is 0.0325. The molecular formula is C21H21NO2. The minimum atomic E-state index is -0.0325. The molecule has 0 saturated carbocycles. The molecule has 3 nitrogen and oxygen atoms in total. The van der Waals surface area contributed by atoms with Crippen molar-refractivity contribution in [2.24, 2.45) is 0 Å². The van der Waals surface area contributed by atoms with Gasteiger partial charge in [0.2, 0.25) is 0 Å². The summed E-state index contributed by atoms with van der Waals surface area (Å²) in [6.45, 7) is 1.85. The van der Waals surface area contributed by atoms with Crippen LogP contribution in [0.2, 0.25) is 0 Å². The normalized spacial score (nSPS) is 10.7. The van der Waals surface area contributed by atoms with Gasteiger partial charge in [0.05, 0.1) is 6.61 Å². The molecule has 0 aliphatic rings. The molecule has 0 atom stereocenters. The number of carbonyl (C=O) groups excluding carboxylic acids is 1. The molecule has 1 N–H and O–H groups in total. The lowest BCUT2D eigenvalue weighted by Crippen LogP contribution is -2.25. The molecule has 0 saturated heterocycles. The van der Waals surface area contributed by atoms with Gasteiger partial charge in [0.1, 0.15) is 0 Å². The number of amides is 1. The van der Waals surface area contributed by atoms with E-state index in [9.17, 15) is 4.79 Å². The number of hydrogen-bond acceptors (Lipinski definition) is 2. The zero-order valence-electron chi connectivity index (χ0n) is 13.6. The topological polar surface area (TPSA) is 38.3 Å². The molecule has 0 radical (unpaired) electrons. The van der Waals surface area contributed by atoms with E-state index in [0.29, 0.717) is 19.8 Å². The second-order valence-corrected chi connectivity index (χ2v) is 5.67. The van der Waals surface area contributed by atoms with Crippen LogP contribution in [-0.2, 0) is 11.3 Å². The van der Waals surface area contributed by atoms with Crippen LogP contribution in [0.4, 0.5) is 0 Å². The maximum Gasteiger partial charge on any atom is 0.251 e. The monoisotopic (exact) mass is 319 g/mol. The fourth-order valence-electron chi connectivity index (χ4n) is 2.66. The van der Waals surface area contributed by atoms with E-state index in [-0.39, 0.29) is 5.91 Å².